The predicted molar refractivity (Wildman–Crippen MR) is 68.8 cm³/mol. The van der Waals surface area contributed by atoms with Crippen molar-refractivity contribution in [2.45, 2.75) is 25.3 Å². The second-order valence-corrected chi connectivity index (χ2v) is 4.69. The van der Waals surface area contributed by atoms with Gasteiger partial charge in [-0.2, -0.15) is 0 Å². The van der Waals surface area contributed by atoms with Gasteiger partial charge in [0.05, 0.1) is 12.7 Å². The Bertz CT molecular complexity index is 532. The van der Waals surface area contributed by atoms with E-state index in [2.05, 4.69) is 0 Å². The summed E-state index contributed by atoms with van der Waals surface area (Å²) < 4.78 is 17.7. The number of benzene rings is 1. The maximum absolute atomic E-state index is 13.0. The third-order valence-corrected chi connectivity index (χ3v) is 3.43. The second-order valence-electron chi connectivity index (χ2n) is 4.69. The van der Waals surface area contributed by atoms with Crippen molar-refractivity contribution in [1.82, 2.24) is 4.90 Å². The van der Waals surface area contributed by atoms with Crippen molar-refractivity contribution in [3.8, 4) is 5.75 Å². The first kappa shape index (κ1) is 14.3. The Morgan fingerprint density at radius 1 is 1.40 bits per heavy atom. The third kappa shape index (κ3) is 2.74. The molecule has 1 aliphatic heterocycles. The normalized spacial score (nSPS) is 18.7. The minimum absolute atomic E-state index is 0.0118. The molecule has 5 nitrogen and oxygen atoms in total. The molecular weight excluding hydrogens is 265 g/mol. The highest BCUT2D eigenvalue weighted by Gasteiger charge is 2.34. The SMILES string of the molecule is COC(=O)C1CCCCN1C(=O)c1ccc(F)cc1O. The minimum atomic E-state index is -0.647. The van der Waals surface area contributed by atoms with Crippen molar-refractivity contribution in [3.05, 3.63) is 29.6 Å². The summed E-state index contributed by atoms with van der Waals surface area (Å²) in [7, 11) is 1.27. The molecule has 0 radical (unpaired) electrons. The highest BCUT2D eigenvalue weighted by Crippen LogP contribution is 2.25. The van der Waals surface area contributed by atoms with Crippen LogP contribution in [-0.2, 0) is 9.53 Å². The zero-order valence-corrected chi connectivity index (χ0v) is 11.1. The number of carbonyl (C=O) groups is 2. The Morgan fingerprint density at radius 2 is 2.15 bits per heavy atom. The van der Waals surface area contributed by atoms with Gasteiger partial charge < -0.3 is 14.7 Å². The molecule has 1 heterocycles. The van der Waals surface area contributed by atoms with Gasteiger partial charge in [0.1, 0.15) is 17.6 Å². The van der Waals surface area contributed by atoms with E-state index in [4.69, 9.17) is 4.74 Å². The van der Waals surface area contributed by atoms with E-state index in [1.54, 1.807) is 0 Å². The molecule has 0 spiro atoms. The molecule has 0 bridgehead atoms. The number of likely N-dealkylation sites (tertiary alicyclic amines) is 1. The van der Waals surface area contributed by atoms with Gasteiger partial charge in [-0.25, -0.2) is 9.18 Å². The number of nitrogens with zero attached hydrogens (tertiary/aromatic N) is 1. The van der Waals surface area contributed by atoms with Crippen LogP contribution in [0, 0.1) is 5.82 Å². The summed E-state index contributed by atoms with van der Waals surface area (Å²) >= 11 is 0. The summed E-state index contributed by atoms with van der Waals surface area (Å²) in [4.78, 5) is 25.5. The van der Waals surface area contributed by atoms with E-state index in [1.807, 2.05) is 0 Å². The van der Waals surface area contributed by atoms with E-state index in [-0.39, 0.29) is 5.56 Å². The third-order valence-electron chi connectivity index (χ3n) is 3.43. The van der Waals surface area contributed by atoms with Gasteiger partial charge in [0.25, 0.3) is 5.91 Å². The van der Waals surface area contributed by atoms with Crippen LogP contribution >= 0.6 is 0 Å². The van der Waals surface area contributed by atoms with Crippen LogP contribution in [0.4, 0.5) is 4.39 Å². The fourth-order valence-electron chi connectivity index (χ4n) is 2.40. The molecule has 1 fully saturated rings. The van der Waals surface area contributed by atoms with Crippen molar-refractivity contribution < 1.29 is 23.8 Å². The maximum atomic E-state index is 13.0. The lowest BCUT2D eigenvalue weighted by atomic mass is 10.0. The van der Waals surface area contributed by atoms with Crippen molar-refractivity contribution in [3.63, 3.8) is 0 Å². The predicted octanol–water partition coefficient (Wildman–Crippen LogP) is 1.70. The van der Waals surface area contributed by atoms with Crippen LogP contribution in [-0.4, -0.2) is 41.6 Å². The molecule has 1 unspecified atom stereocenters. The first-order chi connectivity index (χ1) is 9.54. The number of ether oxygens (including phenoxy) is 1. The number of phenols is 1. The largest absolute Gasteiger partial charge is 0.507 e. The van der Waals surface area contributed by atoms with E-state index in [1.165, 1.54) is 18.1 Å². The summed E-state index contributed by atoms with van der Waals surface area (Å²) in [6.07, 6.45) is 2.14. The molecule has 20 heavy (non-hydrogen) atoms. The molecule has 1 N–H and O–H groups in total. The molecular formula is C14H16FNO4. The number of rotatable bonds is 2. The summed E-state index contributed by atoms with van der Waals surface area (Å²) in [6.45, 7) is 0.412. The molecule has 0 aromatic heterocycles. The Balaban J connectivity index is 2.27. The average molecular weight is 281 g/mol. The Morgan fingerprint density at radius 3 is 2.80 bits per heavy atom. The highest BCUT2D eigenvalue weighted by atomic mass is 19.1. The highest BCUT2D eigenvalue weighted by molar-refractivity contribution is 5.99. The van der Waals surface area contributed by atoms with Gasteiger partial charge in [-0.15, -0.1) is 0 Å². The quantitative estimate of drug-likeness (QED) is 0.838. The van der Waals surface area contributed by atoms with Gasteiger partial charge in [-0.05, 0) is 31.4 Å². The summed E-state index contributed by atoms with van der Waals surface area (Å²) in [5, 5.41) is 9.67. The number of esters is 1. The smallest absolute Gasteiger partial charge is 0.328 e. The Kier molecular flexibility index (Phi) is 4.22. The molecule has 0 aliphatic carbocycles. The number of methoxy groups -OCH3 is 1. The fraction of sp³-hybridized carbons (Fsp3) is 0.429. The number of amides is 1. The van der Waals surface area contributed by atoms with Crippen LogP contribution in [0.15, 0.2) is 18.2 Å². The molecule has 1 amide bonds. The maximum Gasteiger partial charge on any atom is 0.328 e. The van der Waals surface area contributed by atoms with E-state index in [9.17, 15) is 19.1 Å². The van der Waals surface area contributed by atoms with E-state index in [0.29, 0.717) is 13.0 Å². The van der Waals surface area contributed by atoms with E-state index >= 15 is 0 Å². The van der Waals surface area contributed by atoms with Crippen LogP contribution in [0.25, 0.3) is 0 Å². The summed E-state index contributed by atoms with van der Waals surface area (Å²) in [5.41, 5.74) is -0.0118. The van der Waals surface area contributed by atoms with Crippen LogP contribution in [0.1, 0.15) is 29.6 Å². The Hall–Kier alpha value is -2.11. The van der Waals surface area contributed by atoms with Crippen molar-refractivity contribution in [1.29, 1.82) is 0 Å². The molecule has 1 aromatic carbocycles. The Labute approximate surface area is 116 Å². The molecule has 6 heteroatoms. The lowest BCUT2D eigenvalue weighted by Gasteiger charge is -2.33. The monoisotopic (exact) mass is 281 g/mol. The number of hydrogen-bond donors (Lipinski definition) is 1. The van der Waals surface area contributed by atoms with Crippen LogP contribution in [0.3, 0.4) is 0 Å². The van der Waals surface area contributed by atoms with Crippen LogP contribution < -0.4 is 0 Å². The topological polar surface area (TPSA) is 66.8 Å². The fourth-order valence-corrected chi connectivity index (χ4v) is 2.40. The molecule has 108 valence electrons. The van der Waals surface area contributed by atoms with Gasteiger partial charge in [-0.1, -0.05) is 0 Å². The molecule has 0 saturated carbocycles. The van der Waals surface area contributed by atoms with Gasteiger partial charge >= 0.3 is 5.97 Å². The molecule has 1 aliphatic rings. The van der Waals surface area contributed by atoms with Gasteiger partial charge in [-0.3, -0.25) is 4.79 Å². The average Bonchev–Trinajstić information content (AvgIpc) is 2.46. The number of piperidine rings is 1. The second kappa shape index (κ2) is 5.90. The summed E-state index contributed by atoms with van der Waals surface area (Å²) in [5.74, 6) is -2.01. The van der Waals surface area contributed by atoms with Crippen LogP contribution in [0.2, 0.25) is 0 Å². The molecule has 2 rings (SSSR count). The zero-order chi connectivity index (χ0) is 14.7. The minimum Gasteiger partial charge on any atom is -0.507 e. The molecule has 1 aromatic rings. The van der Waals surface area contributed by atoms with E-state index in [0.717, 1.165) is 25.0 Å². The van der Waals surface area contributed by atoms with Gasteiger partial charge in [0.2, 0.25) is 0 Å². The van der Waals surface area contributed by atoms with Gasteiger partial charge in [0, 0.05) is 12.6 Å². The lowest BCUT2D eigenvalue weighted by Crippen LogP contribution is -2.48. The number of carbonyl (C=O) groups excluding carboxylic acids is 2. The first-order valence-corrected chi connectivity index (χ1v) is 6.42. The standard InChI is InChI=1S/C14H16FNO4/c1-20-14(19)11-4-2-3-7-16(11)13(18)10-6-5-9(15)8-12(10)17/h5-6,8,11,17H,2-4,7H2,1H3. The first-order valence-electron chi connectivity index (χ1n) is 6.42. The molecule has 1 atom stereocenters. The van der Waals surface area contributed by atoms with Gasteiger partial charge in [0.15, 0.2) is 0 Å². The zero-order valence-electron chi connectivity index (χ0n) is 11.1. The lowest BCUT2D eigenvalue weighted by molar-refractivity contribution is -0.147. The van der Waals surface area contributed by atoms with Crippen molar-refractivity contribution in [2.75, 3.05) is 13.7 Å². The van der Waals surface area contributed by atoms with Crippen LogP contribution in [0.5, 0.6) is 5.75 Å². The number of phenolic OH excluding ortho intramolecular Hbond substituents is 1. The number of aromatic hydroxyl groups is 1. The van der Waals surface area contributed by atoms with E-state index < -0.39 is 29.5 Å². The summed E-state index contributed by atoms with van der Waals surface area (Å²) in [6, 6.07) is 2.55. The van der Waals surface area contributed by atoms with Crippen molar-refractivity contribution >= 4 is 11.9 Å². The molecule has 1 saturated heterocycles. The number of halogens is 1. The van der Waals surface area contributed by atoms with Crippen molar-refractivity contribution in [2.24, 2.45) is 0 Å². The number of hydrogen-bond acceptors (Lipinski definition) is 4.